The number of fused-ring (bicyclic) bond motifs is 2. The maximum absolute atomic E-state index is 13.5. The third kappa shape index (κ3) is 4.27. The van der Waals surface area contributed by atoms with E-state index in [1.54, 1.807) is 59.2 Å². The van der Waals surface area contributed by atoms with Crippen LogP contribution in [0.3, 0.4) is 0 Å². The van der Waals surface area contributed by atoms with Gasteiger partial charge in [-0.15, -0.1) is 0 Å². The van der Waals surface area contributed by atoms with E-state index in [-0.39, 0.29) is 22.4 Å². The molecule has 3 aromatic carbocycles. The van der Waals surface area contributed by atoms with Crippen molar-refractivity contribution in [3.63, 3.8) is 0 Å². The number of hydrogen-bond acceptors (Lipinski definition) is 6. The van der Waals surface area contributed by atoms with Crippen molar-refractivity contribution in [3.05, 3.63) is 82.0 Å². The summed E-state index contributed by atoms with van der Waals surface area (Å²) in [7, 11) is -3.93. The average molecular weight is 524 g/mol. The summed E-state index contributed by atoms with van der Waals surface area (Å²) in [5, 5.41) is 2.83. The van der Waals surface area contributed by atoms with E-state index in [2.05, 4.69) is 5.32 Å². The molecular formula is C26H25N3O5S2. The minimum absolute atomic E-state index is 0.0170. The number of rotatable bonds is 5. The number of carbonyl (C=O) groups is 1. The molecule has 1 N–H and O–H groups in total. The van der Waals surface area contributed by atoms with Gasteiger partial charge in [0.1, 0.15) is 5.75 Å². The Kier molecular flexibility index (Phi) is 6.09. The largest absolute Gasteiger partial charge is 0.476 e. The number of aromatic nitrogens is 1. The first-order valence-corrected chi connectivity index (χ1v) is 13.7. The molecule has 4 aromatic rings. The predicted molar refractivity (Wildman–Crippen MR) is 142 cm³/mol. The second kappa shape index (κ2) is 9.11. The van der Waals surface area contributed by atoms with Crippen molar-refractivity contribution in [2.45, 2.75) is 37.8 Å². The molecule has 0 radical (unpaired) electrons. The lowest BCUT2D eigenvalue weighted by atomic mass is 10.1. The number of ether oxygens (including phenoxy) is 1. The molecule has 1 atom stereocenters. The number of aryl methyl sites for hydroxylation is 1. The molecule has 5 rings (SSSR count). The molecule has 1 amide bonds. The zero-order valence-corrected chi connectivity index (χ0v) is 21.6. The van der Waals surface area contributed by atoms with Gasteiger partial charge in [-0.05, 0) is 68.8 Å². The smallest absolute Gasteiger partial charge is 0.308 e. The molecule has 1 aromatic heterocycles. The van der Waals surface area contributed by atoms with E-state index in [0.717, 1.165) is 27.1 Å². The second-order valence-corrected chi connectivity index (χ2v) is 11.8. The fourth-order valence-electron chi connectivity index (χ4n) is 4.27. The molecule has 0 unspecified atom stereocenters. The SMILES string of the molecule is Cc1ccc2c(c1)O[C@H](C(=O)Nc1ccc3c(c1)sc(=O)n3C(C)C)CN2S(=O)(=O)c1ccccc1. The summed E-state index contributed by atoms with van der Waals surface area (Å²) < 4.78 is 36.7. The van der Waals surface area contributed by atoms with Gasteiger partial charge in [-0.1, -0.05) is 35.6 Å². The normalized spacial score (nSPS) is 15.6. The fourth-order valence-corrected chi connectivity index (χ4v) is 6.82. The van der Waals surface area contributed by atoms with Crippen molar-refractivity contribution in [2.75, 3.05) is 16.2 Å². The van der Waals surface area contributed by atoms with Crippen LogP contribution in [-0.4, -0.2) is 31.5 Å². The monoisotopic (exact) mass is 523 g/mol. The topological polar surface area (TPSA) is 97.7 Å². The van der Waals surface area contributed by atoms with Crippen molar-refractivity contribution in [1.82, 2.24) is 4.57 Å². The lowest BCUT2D eigenvalue weighted by Crippen LogP contribution is -2.48. The molecule has 0 fully saturated rings. The van der Waals surface area contributed by atoms with Crippen LogP contribution < -0.4 is 19.2 Å². The molecule has 8 nitrogen and oxygen atoms in total. The quantitative estimate of drug-likeness (QED) is 0.414. The zero-order chi connectivity index (χ0) is 25.6. The Labute approximate surface area is 212 Å². The number of nitrogens with one attached hydrogen (secondary N) is 1. The molecular weight excluding hydrogens is 498 g/mol. The summed E-state index contributed by atoms with van der Waals surface area (Å²) in [4.78, 5) is 25.7. The summed E-state index contributed by atoms with van der Waals surface area (Å²) >= 11 is 1.11. The van der Waals surface area contributed by atoms with Gasteiger partial charge in [-0.25, -0.2) is 8.42 Å². The molecule has 0 aliphatic carbocycles. The minimum Gasteiger partial charge on any atom is -0.476 e. The van der Waals surface area contributed by atoms with Crippen molar-refractivity contribution in [2.24, 2.45) is 0 Å². The van der Waals surface area contributed by atoms with Crippen molar-refractivity contribution >= 4 is 48.9 Å². The Morgan fingerprint density at radius 1 is 1.08 bits per heavy atom. The highest BCUT2D eigenvalue weighted by molar-refractivity contribution is 7.92. The molecule has 10 heteroatoms. The summed E-state index contributed by atoms with van der Waals surface area (Å²) in [6.45, 7) is 5.57. The number of sulfonamides is 1. The maximum Gasteiger partial charge on any atom is 0.308 e. The summed E-state index contributed by atoms with van der Waals surface area (Å²) in [6.07, 6.45) is -1.08. The average Bonchev–Trinajstić information content (AvgIpc) is 3.18. The van der Waals surface area contributed by atoms with Crippen molar-refractivity contribution in [3.8, 4) is 5.75 Å². The van der Waals surface area contributed by atoms with Gasteiger partial charge >= 0.3 is 4.87 Å². The van der Waals surface area contributed by atoms with Gasteiger partial charge in [0.25, 0.3) is 15.9 Å². The number of amides is 1. The minimum atomic E-state index is -3.93. The van der Waals surface area contributed by atoms with Crippen LogP contribution in [0.4, 0.5) is 11.4 Å². The van der Waals surface area contributed by atoms with Crippen LogP contribution in [0.15, 0.2) is 76.4 Å². The maximum atomic E-state index is 13.5. The van der Waals surface area contributed by atoms with E-state index in [0.29, 0.717) is 17.1 Å². The Hall–Kier alpha value is -3.63. The van der Waals surface area contributed by atoms with Crippen LogP contribution in [0.1, 0.15) is 25.5 Å². The van der Waals surface area contributed by atoms with Crippen LogP contribution in [0.2, 0.25) is 0 Å². The number of anilines is 2. The number of benzene rings is 3. The van der Waals surface area contributed by atoms with Gasteiger partial charge in [-0.2, -0.15) is 0 Å². The highest BCUT2D eigenvalue weighted by Crippen LogP contribution is 2.38. The van der Waals surface area contributed by atoms with E-state index in [4.69, 9.17) is 4.74 Å². The van der Waals surface area contributed by atoms with Gasteiger partial charge < -0.3 is 10.1 Å². The van der Waals surface area contributed by atoms with Crippen LogP contribution in [-0.2, 0) is 14.8 Å². The number of thiazole rings is 1. The molecule has 36 heavy (non-hydrogen) atoms. The van der Waals surface area contributed by atoms with Gasteiger partial charge in [0.05, 0.1) is 27.3 Å². The summed E-state index contributed by atoms with van der Waals surface area (Å²) in [5.74, 6) is -0.158. The first kappa shape index (κ1) is 24.1. The third-order valence-corrected chi connectivity index (χ3v) is 8.72. The van der Waals surface area contributed by atoms with Crippen LogP contribution in [0, 0.1) is 6.92 Å². The fraction of sp³-hybridized carbons (Fsp3) is 0.231. The zero-order valence-electron chi connectivity index (χ0n) is 20.0. The van der Waals surface area contributed by atoms with Crippen LogP contribution >= 0.6 is 11.3 Å². The standard InChI is InChI=1S/C26H25N3O5S2/c1-16(2)29-21-12-10-18(14-24(21)35-26(29)31)27-25(30)23-15-28(20-11-9-17(3)13-22(20)34-23)36(32,33)19-7-5-4-6-8-19/h4-14,16,23H,15H2,1-3H3,(H,27,30)/t23-/m0/s1. The first-order chi connectivity index (χ1) is 17.1. The molecule has 0 bridgehead atoms. The van der Waals surface area contributed by atoms with Crippen molar-refractivity contribution in [1.29, 1.82) is 0 Å². The molecule has 0 saturated heterocycles. The van der Waals surface area contributed by atoms with Crippen LogP contribution in [0.25, 0.3) is 10.2 Å². The van der Waals surface area contributed by atoms with Gasteiger partial charge in [0.2, 0.25) is 0 Å². The molecule has 1 aliphatic rings. The number of carbonyl (C=O) groups excluding carboxylic acids is 1. The highest BCUT2D eigenvalue weighted by Gasteiger charge is 2.37. The van der Waals surface area contributed by atoms with Crippen molar-refractivity contribution < 1.29 is 17.9 Å². The van der Waals surface area contributed by atoms with E-state index in [1.807, 2.05) is 20.8 Å². The number of hydrogen-bond donors (Lipinski definition) is 1. The summed E-state index contributed by atoms with van der Waals surface area (Å²) in [6, 6.07) is 18.6. The molecule has 1 aliphatic heterocycles. The molecule has 0 saturated carbocycles. The summed E-state index contributed by atoms with van der Waals surface area (Å²) in [5.41, 5.74) is 2.56. The van der Waals surface area contributed by atoms with Gasteiger partial charge in [0, 0.05) is 11.7 Å². The Bertz CT molecular complexity index is 1620. The Balaban J connectivity index is 1.46. The Morgan fingerprint density at radius 2 is 1.83 bits per heavy atom. The van der Waals surface area contributed by atoms with E-state index >= 15 is 0 Å². The molecule has 186 valence electrons. The first-order valence-electron chi connectivity index (χ1n) is 11.5. The molecule has 0 spiro atoms. The predicted octanol–water partition coefficient (Wildman–Crippen LogP) is 4.55. The van der Waals surface area contributed by atoms with Crippen LogP contribution in [0.5, 0.6) is 5.75 Å². The van der Waals surface area contributed by atoms with Gasteiger partial charge in [-0.3, -0.25) is 18.5 Å². The van der Waals surface area contributed by atoms with E-state index in [1.165, 1.54) is 16.4 Å². The van der Waals surface area contributed by atoms with E-state index in [9.17, 15) is 18.0 Å². The number of nitrogens with zero attached hydrogens (tertiary/aromatic N) is 2. The lowest BCUT2D eigenvalue weighted by molar-refractivity contribution is -0.122. The van der Waals surface area contributed by atoms with Gasteiger partial charge in [0.15, 0.2) is 6.10 Å². The second-order valence-electron chi connectivity index (χ2n) is 8.93. The molecule has 2 heterocycles. The van der Waals surface area contributed by atoms with E-state index < -0.39 is 22.0 Å². The third-order valence-electron chi connectivity index (χ3n) is 6.01. The highest BCUT2D eigenvalue weighted by atomic mass is 32.2. The Morgan fingerprint density at radius 3 is 2.56 bits per heavy atom. The lowest BCUT2D eigenvalue weighted by Gasteiger charge is -2.35.